The smallest absolute Gasteiger partial charge is 0.156 e. The quantitative estimate of drug-likeness (QED) is 0.860. The van der Waals surface area contributed by atoms with Gasteiger partial charge in [0.15, 0.2) is 5.17 Å². The van der Waals surface area contributed by atoms with Crippen LogP contribution in [-0.2, 0) is 0 Å². The summed E-state index contributed by atoms with van der Waals surface area (Å²) in [4.78, 5) is 4.74. The predicted molar refractivity (Wildman–Crippen MR) is 84.7 cm³/mol. The monoisotopic (exact) mass is 290 g/mol. The highest BCUT2D eigenvalue weighted by molar-refractivity contribution is 8.14. The highest BCUT2D eigenvalue weighted by Gasteiger charge is 2.21. The van der Waals surface area contributed by atoms with Crippen LogP contribution < -0.4 is 5.32 Å². The minimum absolute atomic E-state index is 0.645. The molecule has 98 valence electrons. The highest BCUT2D eigenvalue weighted by Crippen LogP contribution is 2.25. The predicted octanol–water partition coefficient (Wildman–Crippen LogP) is 2.94. The molecule has 2 unspecified atom stereocenters. The van der Waals surface area contributed by atoms with Crippen molar-refractivity contribution in [2.45, 2.75) is 31.6 Å². The summed E-state index contributed by atoms with van der Waals surface area (Å²) in [6.45, 7) is 5.58. The van der Waals surface area contributed by atoms with E-state index in [2.05, 4.69) is 42.7 Å². The molecule has 2 aliphatic heterocycles. The molecule has 0 aromatic heterocycles. The molecule has 17 heavy (non-hydrogen) atoms. The normalized spacial score (nSPS) is 32.1. The van der Waals surface area contributed by atoms with Gasteiger partial charge in [-0.05, 0) is 12.3 Å². The van der Waals surface area contributed by atoms with Gasteiger partial charge in [-0.1, -0.05) is 25.6 Å². The van der Waals surface area contributed by atoms with E-state index in [-0.39, 0.29) is 0 Å². The molecule has 0 radical (unpaired) electrons. The molecule has 0 saturated carbocycles. The Kier molecular flexibility index (Phi) is 5.90. The van der Waals surface area contributed by atoms with Crippen molar-refractivity contribution in [3.05, 3.63) is 0 Å². The van der Waals surface area contributed by atoms with Crippen molar-refractivity contribution in [2.24, 2.45) is 10.9 Å². The van der Waals surface area contributed by atoms with E-state index in [1.54, 1.807) is 0 Å². The van der Waals surface area contributed by atoms with Crippen LogP contribution in [0.2, 0.25) is 0 Å². The maximum absolute atomic E-state index is 4.74. The van der Waals surface area contributed by atoms with Crippen LogP contribution >= 0.6 is 35.3 Å². The Morgan fingerprint density at radius 1 is 1.35 bits per heavy atom. The number of hydrogen-bond acceptors (Lipinski definition) is 4. The van der Waals surface area contributed by atoms with Gasteiger partial charge >= 0.3 is 0 Å². The van der Waals surface area contributed by atoms with E-state index in [1.807, 2.05) is 11.8 Å². The van der Waals surface area contributed by atoms with E-state index in [0.29, 0.717) is 6.04 Å². The van der Waals surface area contributed by atoms with Crippen molar-refractivity contribution in [1.29, 1.82) is 0 Å². The lowest BCUT2D eigenvalue weighted by Crippen LogP contribution is -2.29. The second-order valence-corrected chi connectivity index (χ2v) is 8.56. The average molecular weight is 291 g/mol. The van der Waals surface area contributed by atoms with Gasteiger partial charge in [0.1, 0.15) is 0 Å². The zero-order valence-corrected chi connectivity index (χ0v) is 13.1. The molecule has 0 amide bonds. The summed E-state index contributed by atoms with van der Waals surface area (Å²) in [6, 6.07) is 0.645. The van der Waals surface area contributed by atoms with Crippen molar-refractivity contribution in [2.75, 3.05) is 29.6 Å². The zero-order valence-electron chi connectivity index (χ0n) is 10.6. The summed E-state index contributed by atoms with van der Waals surface area (Å²) in [5, 5.41) is 5.49. The fourth-order valence-corrected chi connectivity index (χ4v) is 5.62. The van der Waals surface area contributed by atoms with Crippen molar-refractivity contribution < 1.29 is 0 Å². The maximum Gasteiger partial charge on any atom is 0.156 e. The minimum Gasteiger partial charge on any atom is -0.361 e. The number of aliphatic imine (C=N–C) groups is 1. The van der Waals surface area contributed by atoms with Crippen molar-refractivity contribution in [3.63, 3.8) is 0 Å². The van der Waals surface area contributed by atoms with Gasteiger partial charge in [-0.3, -0.25) is 4.99 Å². The van der Waals surface area contributed by atoms with Crippen LogP contribution in [-0.4, -0.2) is 46.0 Å². The van der Waals surface area contributed by atoms with Crippen LogP contribution in [0, 0.1) is 5.92 Å². The summed E-state index contributed by atoms with van der Waals surface area (Å²) >= 11 is 6.07. The molecular weight excluding hydrogens is 268 g/mol. The molecule has 2 nitrogen and oxygen atoms in total. The Morgan fingerprint density at radius 3 is 2.94 bits per heavy atom. The molecule has 2 atom stereocenters. The first-order valence-electron chi connectivity index (χ1n) is 6.37. The third kappa shape index (κ3) is 4.95. The number of thioether (sulfide) groups is 3. The van der Waals surface area contributed by atoms with Gasteiger partial charge in [0.05, 0.1) is 6.54 Å². The molecule has 0 aromatic carbocycles. The van der Waals surface area contributed by atoms with Crippen LogP contribution in [0.15, 0.2) is 4.99 Å². The zero-order chi connectivity index (χ0) is 12.1. The maximum atomic E-state index is 4.74. The fraction of sp³-hybridized carbons (Fsp3) is 0.917. The summed E-state index contributed by atoms with van der Waals surface area (Å²) < 4.78 is 0. The molecular formula is C12H22N2S3. The van der Waals surface area contributed by atoms with E-state index in [4.69, 9.17) is 4.99 Å². The Labute approximate surface area is 118 Å². The number of hydrogen-bond donors (Lipinski definition) is 1. The second-order valence-electron chi connectivity index (χ2n) is 5.00. The number of rotatable bonds is 4. The molecule has 2 fully saturated rings. The molecule has 2 heterocycles. The van der Waals surface area contributed by atoms with Gasteiger partial charge in [-0.15, -0.1) is 0 Å². The molecule has 5 heteroatoms. The van der Waals surface area contributed by atoms with Crippen molar-refractivity contribution in [3.8, 4) is 0 Å². The van der Waals surface area contributed by atoms with Gasteiger partial charge in [-0.25, -0.2) is 0 Å². The Hall–Kier alpha value is 0.520. The van der Waals surface area contributed by atoms with Crippen molar-refractivity contribution >= 4 is 40.5 Å². The first kappa shape index (κ1) is 13.9. The van der Waals surface area contributed by atoms with Gasteiger partial charge in [0.25, 0.3) is 0 Å². The SMILES string of the molecule is CC(C)CC1CSC(=NCC2CSCCS2)N1. The summed E-state index contributed by atoms with van der Waals surface area (Å²) in [5.74, 6) is 5.88. The number of nitrogens with one attached hydrogen (secondary N) is 1. The van der Waals surface area contributed by atoms with Gasteiger partial charge < -0.3 is 5.32 Å². The van der Waals surface area contributed by atoms with Gasteiger partial charge in [0, 0.05) is 34.3 Å². The molecule has 0 bridgehead atoms. The first-order chi connectivity index (χ1) is 8.24. The largest absolute Gasteiger partial charge is 0.361 e. The van der Waals surface area contributed by atoms with Crippen molar-refractivity contribution in [1.82, 2.24) is 5.32 Å². The van der Waals surface area contributed by atoms with E-state index in [9.17, 15) is 0 Å². The molecule has 1 N–H and O–H groups in total. The van der Waals surface area contributed by atoms with E-state index < -0.39 is 0 Å². The van der Waals surface area contributed by atoms with Gasteiger partial charge in [0.2, 0.25) is 0 Å². The lowest BCUT2D eigenvalue weighted by Gasteiger charge is -2.19. The van der Waals surface area contributed by atoms with Crippen LogP contribution in [0.1, 0.15) is 20.3 Å². The summed E-state index contributed by atoms with van der Waals surface area (Å²) in [5.41, 5.74) is 0. The van der Waals surface area contributed by atoms with E-state index in [1.165, 1.54) is 34.6 Å². The van der Waals surface area contributed by atoms with Crippen LogP contribution in [0.25, 0.3) is 0 Å². The average Bonchev–Trinajstić information content (AvgIpc) is 2.75. The fourth-order valence-electron chi connectivity index (χ4n) is 2.05. The molecule has 2 aliphatic rings. The third-order valence-corrected chi connectivity index (χ3v) is 6.74. The van der Waals surface area contributed by atoms with E-state index in [0.717, 1.165) is 17.7 Å². The summed E-state index contributed by atoms with van der Waals surface area (Å²) in [7, 11) is 0. The topological polar surface area (TPSA) is 24.4 Å². The molecule has 2 rings (SSSR count). The number of amidine groups is 1. The highest BCUT2D eigenvalue weighted by atomic mass is 32.2. The van der Waals surface area contributed by atoms with Crippen LogP contribution in [0.5, 0.6) is 0 Å². The third-order valence-electron chi connectivity index (χ3n) is 2.83. The molecule has 0 aromatic rings. The van der Waals surface area contributed by atoms with Crippen LogP contribution in [0.4, 0.5) is 0 Å². The molecule has 0 spiro atoms. The molecule has 0 aliphatic carbocycles. The Morgan fingerprint density at radius 2 is 2.24 bits per heavy atom. The first-order valence-corrected chi connectivity index (χ1v) is 9.56. The minimum atomic E-state index is 0.645. The summed E-state index contributed by atoms with van der Waals surface area (Å²) in [6.07, 6.45) is 1.26. The lowest BCUT2D eigenvalue weighted by atomic mass is 10.1. The van der Waals surface area contributed by atoms with E-state index >= 15 is 0 Å². The van der Waals surface area contributed by atoms with Crippen LogP contribution in [0.3, 0.4) is 0 Å². The lowest BCUT2D eigenvalue weighted by molar-refractivity contribution is 0.502. The second kappa shape index (κ2) is 7.19. The Balaban J connectivity index is 1.71. The number of nitrogens with zero attached hydrogens (tertiary/aromatic N) is 1. The standard InChI is InChI=1S/C12H22N2S3/c1-9(2)5-10-7-17-12(14-10)13-6-11-8-15-3-4-16-11/h9-11H,3-8H2,1-2H3,(H,13,14). The Bertz CT molecular complexity index is 262. The molecule has 2 saturated heterocycles. The van der Waals surface area contributed by atoms with Gasteiger partial charge in [-0.2, -0.15) is 23.5 Å².